The van der Waals surface area contributed by atoms with Crippen LogP contribution >= 0.6 is 0 Å². The largest absolute Gasteiger partial charge is 0.330 e. The highest BCUT2D eigenvalue weighted by Gasteiger charge is 2.19. The number of hydrogen-bond donors (Lipinski definition) is 1. The summed E-state index contributed by atoms with van der Waals surface area (Å²) in [7, 11) is 0. The molecule has 102 valence electrons. The Morgan fingerprint density at radius 3 is 2.17 bits per heavy atom. The van der Waals surface area contributed by atoms with Crippen molar-refractivity contribution in [3.8, 4) is 0 Å². The van der Waals surface area contributed by atoms with Gasteiger partial charge in [-0.1, -0.05) is 20.8 Å². The van der Waals surface area contributed by atoms with Crippen molar-refractivity contribution in [2.24, 2.45) is 11.1 Å². The molecule has 0 aliphatic rings. The summed E-state index contributed by atoms with van der Waals surface area (Å²) in [5, 5.41) is 0. The normalized spacial score (nSPS) is 12.2. The molecule has 0 saturated heterocycles. The molecule has 4 heteroatoms. The summed E-state index contributed by atoms with van der Waals surface area (Å²) >= 11 is 0. The Labute approximate surface area is 108 Å². The highest BCUT2D eigenvalue weighted by molar-refractivity contribution is 5.17. The maximum Gasteiger partial charge on any atom is 0.126 e. The minimum absolute atomic E-state index is 0.00186. The third-order valence-electron chi connectivity index (χ3n) is 2.98. The quantitative estimate of drug-likeness (QED) is 0.848. The van der Waals surface area contributed by atoms with Crippen molar-refractivity contribution in [1.29, 1.82) is 0 Å². The number of nitrogens with zero attached hydrogens (tertiary/aromatic N) is 1. The van der Waals surface area contributed by atoms with E-state index in [9.17, 15) is 8.78 Å². The molecule has 0 aliphatic heterocycles. The lowest BCUT2D eigenvalue weighted by Crippen LogP contribution is -2.38. The summed E-state index contributed by atoms with van der Waals surface area (Å²) in [6.07, 6.45) is 0. The second-order valence-corrected chi connectivity index (χ2v) is 5.45. The molecule has 18 heavy (non-hydrogen) atoms. The van der Waals surface area contributed by atoms with E-state index in [1.807, 2.05) is 6.92 Å². The van der Waals surface area contributed by atoms with Crippen LogP contribution in [0.15, 0.2) is 18.2 Å². The number of nitrogens with two attached hydrogens (primary N) is 1. The SMILES string of the molecule is CCN(Cc1cc(F)cc(F)c1)CC(C)(C)CN. The van der Waals surface area contributed by atoms with Crippen molar-refractivity contribution in [3.63, 3.8) is 0 Å². The molecule has 0 aromatic heterocycles. The second-order valence-electron chi connectivity index (χ2n) is 5.45. The highest BCUT2D eigenvalue weighted by atomic mass is 19.1. The van der Waals surface area contributed by atoms with Gasteiger partial charge in [0.1, 0.15) is 11.6 Å². The molecule has 0 unspecified atom stereocenters. The molecule has 0 atom stereocenters. The standard InChI is InChI=1S/C14H22F2N2/c1-4-18(10-14(2,3)9-17)8-11-5-12(15)7-13(16)6-11/h5-7H,4,8-10,17H2,1-3H3. The van der Waals surface area contributed by atoms with E-state index < -0.39 is 11.6 Å². The Bertz CT molecular complexity index is 371. The van der Waals surface area contributed by atoms with Crippen LogP contribution in [0.1, 0.15) is 26.3 Å². The fourth-order valence-corrected chi connectivity index (χ4v) is 1.91. The van der Waals surface area contributed by atoms with Gasteiger partial charge in [-0.15, -0.1) is 0 Å². The minimum Gasteiger partial charge on any atom is -0.330 e. The molecule has 2 N–H and O–H groups in total. The van der Waals surface area contributed by atoms with E-state index in [-0.39, 0.29) is 5.41 Å². The predicted molar refractivity (Wildman–Crippen MR) is 70.1 cm³/mol. The van der Waals surface area contributed by atoms with Crippen molar-refractivity contribution < 1.29 is 8.78 Å². The summed E-state index contributed by atoms with van der Waals surface area (Å²) in [6, 6.07) is 3.64. The molecule has 0 heterocycles. The highest BCUT2D eigenvalue weighted by Crippen LogP contribution is 2.17. The lowest BCUT2D eigenvalue weighted by molar-refractivity contribution is 0.183. The molecular weight excluding hydrogens is 234 g/mol. The Kier molecular flexibility index (Phi) is 5.23. The first-order valence-corrected chi connectivity index (χ1v) is 6.23. The number of hydrogen-bond acceptors (Lipinski definition) is 2. The molecule has 0 saturated carbocycles. The molecule has 1 aromatic carbocycles. The first-order valence-electron chi connectivity index (χ1n) is 6.23. The molecule has 1 aromatic rings. The molecule has 0 aliphatic carbocycles. The van der Waals surface area contributed by atoms with Gasteiger partial charge in [-0.3, -0.25) is 4.90 Å². The van der Waals surface area contributed by atoms with Crippen LogP contribution < -0.4 is 5.73 Å². The fraction of sp³-hybridized carbons (Fsp3) is 0.571. The summed E-state index contributed by atoms with van der Waals surface area (Å²) < 4.78 is 26.2. The first-order chi connectivity index (χ1) is 8.36. The number of benzene rings is 1. The Morgan fingerprint density at radius 1 is 1.17 bits per heavy atom. The van der Waals surface area contributed by atoms with Crippen molar-refractivity contribution in [1.82, 2.24) is 4.90 Å². The van der Waals surface area contributed by atoms with E-state index >= 15 is 0 Å². The van der Waals surface area contributed by atoms with Crippen LogP contribution in [-0.4, -0.2) is 24.5 Å². The van der Waals surface area contributed by atoms with Gasteiger partial charge in [0.25, 0.3) is 0 Å². The molecular formula is C14H22F2N2. The van der Waals surface area contributed by atoms with Gasteiger partial charge >= 0.3 is 0 Å². The van der Waals surface area contributed by atoms with Crippen LogP contribution in [0.25, 0.3) is 0 Å². The summed E-state index contributed by atoms with van der Waals surface area (Å²) in [5.74, 6) is -1.06. The van der Waals surface area contributed by atoms with E-state index in [0.717, 1.165) is 19.2 Å². The maximum absolute atomic E-state index is 13.1. The van der Waals surface area contributed by atoms with Crippen molar-refractivity contribution in [2.75, 3.05) is 19.6 Å². The zero-order valence-corrected chi connectivity index (χ0v) is 11.3. The zero-order chi connectivity index (χ0) is 13.8. The second kappa shape index (κ2) is 6.25. The Morgan fingerprint density at radius 2 is 1.72 bits per heavy atom. The van der Waals surface area contributed by atoms with Gasteiger partial charge < -0.3 is 5.73 Å². The number of halogens is 2. The van der Waals surface area contributed by atoms with Crippen molar-refractivity contribution in [2.45, 2.75) is 27.3 Å². The lowest BCUT2D eigenvalue weighted by Gasteiger charge is -2.31. The van der Waals surface area contributed by atoms with Gasteiger partial charge in [-0.05, 0) is 36.2 Å². The fourth-order valence-electron chi connectivity index (χ4n) is 1.91. The van der Waals surface area contributed by atoms with Gasteiger partial charge in [0, 0.05) is 19.2 Å². The lowest BCUT2D eigenvalue weighted by atomic mass is 9.93. The summed E-state index contributed by atoms with van der Waals surface area (Å²) in [6.45, 7) is 8.95. The van der Waals surface area contributed by atoms with Gasteiger partial charge in [-0.2, -0.15) is 0 Å². The third kappa shape index (κ3) is 4.70. The molecule has 0 radical (unpaired) electrons. The number of rotatable bonds is 6. The monoisotopic (exact) mass is 256 g/mol. The molecule has 0 bridgehead atoms. The average molecular weight is 256 g/mol. The van der Waals surface area contributed by atoms with Gasteiger partial charge in [0.2, 0.25) is 0 Å². The topological polar surface area (TPSA) is 29.3 Å². The molecule has 2 nitrogen and oxygen atoms in total. The van der Waals surface area contributed by atoms with Crippen LogP contribution in [0.3, 0.4) is 0 Å². The minimum atomic E-state index is -0.529. The predicted octanol–water partition coefficient (Wildman–Crippen LogP) is 2.77. The molecule has 1 rings (SSSR count). The van der Waals surface area contributed by atoms with Crippen LogP contribution in [-0.2, 0) is 6.54 Å². The third-order valence-corrected chi connectivity index (χ3v) is 2.98. The van der Waals surface area contributed by atoms with E-state index in [2.05, 4.69) is 18.7 Å². The van der Waals surface area contributed by atoms with Crippen molar-refractivity contribution in [3.05, 3.63) is 35.4 Å². The smallest absolute Gasteiger partial charge is 0.126 e. The molecule has 0 fully saturated rings. The van der Waals surface area contributed by atoms with Crippen molar-refractivity contribution >= 4 is 0 Å². The van der Waals surface area contributed by atoms with Crippen LogP contribution in [0, 0.1) is 17.0 Å². The first kappa shape index (κ1) is 15.1. The van der Waals surface area contributed by atoms with Gasteiger partial charge in [0.15, 0.2) is 0 Å². The van der Waals surface area contributed by atoms with E-state index in [1.54, 1.807) is 0 Å². The average Bonchev–Trinajstić information content (AvgIpc) is 2.26. The zero-order valence-electron chi connectivity index (χ0n) is 11.3. The summed E-state index contributed by atoms with van der Waals surface area (Å²) in [4.78, 5) is 2.14. The van der Waals surface area contributed by atoms with E-state index in [1.165, 1.54) is 12.1 Å². The van der Waals surface area contributed by atoms with Crippen LogP contribution in [0.5, 0.6) is 0 Å². The Balaban J connectivity index is 2.73. The molecule has 0 amide bonds. The Hall–Kier alpha value is -1.00. The maximum atomic E-state index is 13.1. The van der Waals surface area contributed by atoms with Crippen LogP contribution in [0.4, 0.5) is 8.78 Å². The summed E-state index contributed by atoms with van der Waals surface area (Å²) in [5.41, 5.74) is 6.36. The van der Waals surface area contributed by atoms with E-state index in [0.29, 0.717) is 18.7 Å². The van der Waals surface area contributed by atoms with E-state index in [4.69, 9.17) is 5.73 Å². The van der Waals surface area contributed by atoms with Crippen LogP contribution in [0.2, 0.25) is 0 Å². The van der Waals surface area contributed by atoms with Gasteiger partial charge in [0.05, 0.1) is 0 Å². The van der Waals surface area contributed by atoms with Gasteiger partial charge in [-0.25, -0.2) is 8.78 Å². The molecule has 0 spiro atoms.